The average Bonchev–Trinajstić information content (AvgIpc) is 2.54. The fourth-order valence-corrected chi connectivity index (χ4v) is 3.32. The fraction of sp³-hybridized carbons (Fsp3) is 0.312. The number of rotatable bonds is 3. The summed E-state index contributed by atoms with van der Waals surface area (Å²) in [5.41, 5.74) is 2.31. The Morgan fingerprint density at radius 3 is 2.81 bits per heavy atom. The quantitative estimate of drug-likeness (QED) is 0.646. The Bertz CT molecular complexity index is 632. The molecule has 1 aliphatic rings. The van der Waals surface area contributed by atoms with Crippen LogP contribution in [0, 0.1) is 0 Å². The van der Waals surface area contributed by atoms with Crippen molar-refractivity contribution in [3.05, 3.63) is 48.3 Å². The van der Waals surface area contributed by atoms with E-state index in [0.29, 0.717) is 5.16 Å². The highest BCUT2D eigenvalue weighted by Crippen LogP contribution is 2.29. The minimum atomic E-state index is -0.196. The molecule has 108 valence electrons. The SMILES string of the molecule is C[C@@H](Sc1ncccn1)C(=O)N1CCCc2ccccc21. The number of hydrogen-bond donors (Lipinski definition) is 0. The summed E-state index contributed by atoms with van der Waals surface area (Å²) in [5, 5.41) is 0.446. The molecule has 1 aromatic carbocycles. The third-order valence-electron chi connectivity index (χ3n) is 3.55. The van der Waals surface area contributed by atoms with E-state index in [0.717, 1.165) is 25.1 Å². The smallest absolute Gasteiger partial charge is 0.240 e. The van der Waals surface area contributed by atoms with Gasteiger partial charge in [0, 0.05) is 24.6 Å². The molecule has 4 nitrogen and oxygen atoms in total. The van der Waals surface area contributed by atoms with Gasteiger partial charge in [-0.05, 0) is 37.5 Å². The largest absolute Gasteiger partial charge is 0.311 e. The first-order valence-corrected chi connectivity index (χ1v) is 7.96. The van der Waals surface area contributed by atoms with Crippen molar-refractivity contribution in [2.75, 3.05) is 11.4 Å². The molecule has 0 saturated heterocycles. The first-order valence-electron chi connectivity index (χ1n) is 7.08. The summed E-state index contributed by atoms with van der Waals surface area (Å²) in [7, 11) is 0. The number of nitrogens with zero attached hydrogens (tertiary/aromatic N) is 3. The highest BCUT2D eigenvalue weighted by atomic mass is 32.2. The number of anilines is 1. The van der Waals surface area contributed by atoms with Crippen LogP contribution in [0.5, 0.6) is 0 Å². The molecule has 1 aliphatic heterocycles. The van der Waals surface area contributed by atoms with Crippen LogP contribution in [0.4, 0.5) is 5.69 Å². The number of hydrogen-bond acceptors (Lipinski definition) is 4. The van der Waals surface area contributed by atoms with Crippen molar-refractivity contribution in [3.63, 3.8) is 0 Å². The van der Waals surface area contributed by atoms with Crippen LogP contribution in [0.25, 0.3) is 0 Å². The van der Waals surface area contributed by atoms with Gasteiger partial charge < -0.3 is 4.90 Å². The van der Waals surface area contributed by atoms with Gasteiger partial charge >= 0.3 is 0 Å². The summed E-state index contributed by atoms with van der Waals surface area (Å²) in [5.74, 6) is 0.125. The Labute approximate surface area is 128 Å². The molecule has 1 aromatic heterocycles. The van der Waals surface area contributed by atoms with Crippen molar-refractivity contribution in [1.82, 2.24) is 9.97 Å². The number of carbonyl (C=O) groups is 1. The Balaban J connectivity index is 1.77. The van der Waals surface area contributed by atoms with E-state index >= 15 is 0 Å². The van der Waals surface area contributed by atoms with Gasteiger partial charge in [-0.3, -0.25) is 4.79 Å². The highest BCUT2D eigenvalue weighted by Gasteiger charge is 2.27. The van der Waals surface area contributed by atoms with Gasteiger partial charge in [0.1, 0.15) is 0 Å². The molecule has 1 amide bonds. The zero-order valence-corrected chi connectivity index (χ0v) is 12.7. The van der Waals surface area contributed by atoms with Crippen LogP contribution in [0.15, 0.2) is 47.9 Å². The molecule has 2 heterocycles. The lowest BCUT2D eigenvalue weighted by atomic mass is 10.0. The molecule has 2 aromatic rings. The number of fused-ring (bicyclic) bond motifs is 1. The fourth-order valence-electron chi connectivity index (χ4n) is 2.54. The number of para-hydroxylation sites is 1. The summed E-state index contributed by atoms with van der Waals surface area (Å²) >= 11 is 1.41. The average molecular weight is 299 g/mol. The standard InChI is InChI=1S/C16H17N3OS/c1-12(21-16-17-9-5-10-18-16)15(20)19-11-4-7-13-6-2-3-8-14(13)19/h2-3,5-6,8-10,12H,4,7,11H2,1H3/t12-/m1/s1. The minimum Gasteiger partial charge on any atom is -0.311 e. The van der Waals surface area contributed by atoms with Crippen LogP contribution in [0.2, 0.25) is 0 Å². The maximum absolute atomic E-state index is 12.7. The predicted molar refractivity (Wildman–Crippen MR) is 84.5 cm³/mol. The molecule has 3 rings (SSSR count). The van der Waals surface area contributed by atoms with Gasteiger partial charge in [-0.1, -0.05) is 30.0 Å². The predicted octanol–water partition coefficient (Wildman–Crippen LogP) is 2.94. The number of aromatic nitrogens is 2. The van der Waals surface area contributed by atoms with Gasteiger partial charge in [-0.15, -0.1) is 0 Å². The lowest BCUT2D eigenvalue weighted by Gasteiger charge is -2.31. The molecule has 0 aliphatic carbocycles. The Kier molecular flexibility index (Phi) is 4.20. The first kappa shape index (κ1) is 14.1. The van der Waals surface area contributed by atoms with E-state index in [-0.39, 0.29) is 11.2 Å². The second-order valence-corrected chi connectivity index (χ2v) is 6.32. The van der Waals surface area contributed by atoms with Gasteiger partial charge in [0.2, 0.25) is 5.91 Å². The minimum absolute atomic E-state index is 0.125. The Morgan fingerprint density at radius 2 is 2.00 bits per heavy atom. The van der Waals surface area contributed by atoms with Crippen LogP contribution in [-0.2, 0) is 11.2 Å². The van der Waals surface area contributed by atoms with E-state index in [4.69, 9.17) is 0 Å². The third kappa shape index (κ3) is 3.08. The second kappa shape index (κ2) is 6.26. The van der Waals surface area contributed by atoms with Gasteiger partial charge in [-0.2, -0.15) is 0 Å². The van der Waals surface area contributed by atoms with E-state index in [1.54, 1.807) is 18.5 Å². The summed E-state index contributed by atoms with van der Waals surface area (Å²) < 4.78 is 0. The molecule has 0 radical (unpaired) electrons. The molecule has 0 spiro atoms. The normalized spacial score (nSPS) is 15.4. The molecule has 0 saturated carbocycles. The third-order valence-corrected chi connectivity index (χ3v) is 4.53. The zero-order chi connectivity index (χ0) is 14.7. The maximum atomic E-state index is 12.7. The number of carbonyl (C=O) groups excluding carboxylic acids is 1. The van der Waals surface area contributed by atoms with Gasteiger partial charge in [0.15, 0.2) is 5.16 Å². The molecular weight excluding hydrogens is 282 g/mol. The van der Waals surface area contributed by atoms with E-state index in [1.807, 2.05) is 30.0 Å². The highest BCUT2D eigenvalue weighted by molar-refractivity contribution is 8.00. The van der Waals surface area contributed by atoms with E-state index < -0.39 is 0 Å². The van der Waals surface area contributed by atoms with Crippen molar-refractivity contribution >= 4 is 23.4 Å². The van der Waals surface area contributed by atoms with Crippen molar-refractivity contribution in [3.8, 4) is 0 Å². The van der Waals surface area contributed by atoms with Crippen LogP contribution in [0.3, 0.4) is 0 Å². The van der Waals surface area contributed by atoms with Crippen molar-refractivity contribution in [2.45, 2.75) is 30.2 Å². The van der Waals surface area contributed by atoms with Gasteiger partial charge in [-0.25, -0.2) is 9.97 Å². The van der Waals surface area contributed by atoms with Crippen molar-refractivity contribution in [1.29, 1.82) is 0 Å². The molecular formula is C16H17N3OS. The Morgan fingerprint density at radius 1 is 1.24 bits per heavy atom. The number of thioether (sulfide) groups is 1. The first-order chi connectivity index (χ1) is 10.3. The molecule has 0 bridgehead atoms. The molecule has 5 heteroatoms. The van der Waals surface area contributed by atoms with E-state index in [1.165, 1.54) is 17.3 Å². The number of amides is 1. The van der Waals surface area contributed by atoms with E-state index in [2.05, 4.69) is 16.0 Å². The summed E-state index contributed by atoms with van der Waals surface area (Å²) in [6.45, 7) is 2.71. The van der Waals surface area contributed by atoms with E-state index in [9.17, 15) is 4.79 Å². The summed E-state index contributed by atoms with van der Waals surface area (Å²) in [6, 6.07) is 9.93. The Hall–Kier alpha value is -1.88. The second-order valence-electron chi connectivity index (χ2n) is 5.01. The van der Waals surface area contributed by atoms with Crippen LogP contribution in [-0.4, -0.2) is 27.7 Å². The van der Waals surface area contributed by atoms with Crippen LogP contribution in [0.1, 0.15) is 18.9 Å². The van der Waals surface area contributed by atoms with Crippen molar-refractivity contribution in [2.24, 2.45) is 0 Å². The molecule has 0 N–H and O–H groups in total. The van der Waals surface area contributed by atoms with Crippen molar-refractivity contribution < 1.29 is 4.79 Å². The summed E-state index contributed by atoms with van der Waals surface area (Å²) in [4.78, 5) is 23.0. The number of benzene rings is 1. The van der Waals surface area contributed by atoms with Gasteiger partial charge in [0.25, 0.3) is 0 Å². The lowest BCUT2D eigenvalue weighted by molar-refractivity contribution is -0.117. The summed E-state index contributed by atoms with van der Waals surface area (Å²) in [6.07, 6.45) is 5.46. The van der Waals surface area contributed by atoms with Crippen LogP contribution >= 0.6 is 11.8 Å². The molecule has 0 unspecified atom stereocenters. The lowest BCUT2D eigenvalue weighted by Crippen LogP contribution is -2.40. The monoisotopic (exact) mass is 299 g/mol. The zero-order valence-electron chi connectivity index (χ0n) is 11.9. The molecule has 0 fully saturated rings. The maximum Gasteiger partial charge on any atom is 0.240 e. The van der Waals surface area contributed by atoms with Crippen LogP contribution < -0.4 is 4.90 Å². The molecule has 1 atom stereocenters. The topological polar surface area (TPSA) is 46.1 Å². The number of aryl methyl sites for hydroxylation is 1. The van der Waals surface area contributed by atoms with Gasteiger partial charge in [0.05, 0.1) is 5.25 Å². The molecule has 21 heavy (non-hydrogen) atoms.